The number of hydrogen-bond acceptors (Lipinski definition) is 4. The number of nitrogens with one attached hydrogen (secondary N) is 1. The van der Waals surface area contributed by atoms with E-state index in [1.54, 1.807) is 24.3 Å². The topological polar surface area (TPSA) is 89.8 Å². The number of amides is 1. The lowest BCUT2D eigenvalue weighted by Gasteiger charge is -2.28. The zero-order valence-electron chi connectivity index (χ0n) is 9.77. The van der Waals surface area contributed by atoms with Crippen molar-refractivity contribution in [1.82, 2.24) is 5.32 Å². The largest absolute Gasteiger partial charge is 0.394 e. The van der Waals surface area contributed by atoms with Gasteiger partial charge in [-0.3, -0.25) is 4.79 Å². The Kier molecular flexibility index (Phi) is 5.55. The first-order valence-corrected chi connectivity index (χ1v) is 5.81. The molecular formula is C12H16ClNO4. The molecular weight excluding hydrogens is 258 g/mol. The third-order valence-electron chi connectivity index (χ3n) is 2.59. The van der Waals surface area contributed by atoms with Crippen LogP contribution in [0.15, 0.2) is 24.3 Å². The van der Waals surface area contributed by atoms with E-state index in [9.17, 15) is 4.79 Å². The van der Waals surface area contributed by atoms with E-state index in [4.69, 9.17) is 26.9 Å². The quantitative estimate of drug-likeness (QED) is 0.574. The summed E-state index contributed by atoms with van der Waals surface area (Å²) in [6.07, 6.45) is 0.0823. The van der Waals surface area contributed by atoms with Crippen LogP contribution in [0.5, 0.6) is 0 Å². The molecule has 0 aliphatic rings. The molecule has 0 bridgehead atoms. The smallest absolute Gasteiger partial charge is 0.225 e. The molecule has 1 amide bonds. The number of hydrogen-bond donors (Lipinski definition) is 4. The Morgan fingerprint density at radius 2 is 1.61 bits per heavy atom. The molecule has 0 heterocycles. The number of aliphatic hydroxyl groups excluding tert-OH is 3. The normalized spacial score (nSPS) is 11.3. The van der Waals surface area contributed by atoms with Crippen molar-refractivity contribution in [3.05, 3.63) is 34.9 Å². The van der Waals surface area contributed by atoms with Crippen molar-refractivity contribution in [3.63, 3.8) is 0 Å². The van der Waals surface area contributed by atoms with Crippen LogP contribution < -0.4 is 5.32 Å². The Hall–Kier alpha value is -1.14. The fraction of sp³-hybridized carbons (Fsp3) is 0.417. The van der Waals surface area contributed by atoms with Crippen molar-refractivity contribution in [2.45, 2.75) is 12.0 Å². The van der Waals surface area contributed by atoms with Gasteiger partial charge in [0.05, 0.1) is 26.2 Å². The Bertz CT molecular complexity index is 381. The summed E-state index contributed by atoms with van der Waals surface area (Å²) in [5, 5.41) is 30.2. The minimum atomic E-state index is -1.39. The predicted molar refractivity (Wildman–Crippen MR) is 67.3 cm³/mol. The second-order valence-corrected chi connectivity index (χ2v) is 4.54. The first-order valence-electron chi connectivity index (χ1n) is 5.43. The van der Waals surface area contributed by atoms with Gasteiger partial charge >= 0.3 is 0 Å². The van der Waals surface area contributed by atoms with E-state index in [-0.39, 0.29) is 6.42 Å². The van der Waals surface area contributed by atoms with Crippen LogP contribution in [0.3, 0.4) is 0 Å². The van der Waals surface area contributed by atoms with Crippen molar-refractivity contribution in [3.8, 4) is 0 Å². The van der Waals surface area contributed by atoms with Crippen LogP contribution >= 0.6 is 11.6 Å². The van der Waals surface area contributed by atoms with Crippen molar-refractivity contribution in [2.24, 2.45) is 0 Å². The molecule has 0 unspecified atom stereocenters. The second kappa shape index (κ2) is 6.70. The van der Waals surface area contributed by atoms with Crippen LogP contribution in [-0.4, -0.2) is 46.6 Å². The average Bonchev–Trinajstić information content (AvgIpc) is 2.39. The molecule has 0 saturated heterocycles. The molecule has 4 N–H and O–H groups in total. The van der Waals surface area contributed by atoms with E-state index in [0.717, 1.165) is 5.56 Å². The first-order chi connectivity index (χ1) is 8.55. The lowest BCUT2D eigenvalue weighted by atomic mass is 10.0. The highest BCUT2D eigenvalue weighted by atomic mass is 35.5. The molecule has 5 nitrogen and oxygen atoms in total. The summed E-state index contributed by atoms with van der Waals surface area (Å²) in [7, 11) is 0. The second-order valence-electron chi connectivity index (χ2n) is 4.11. The fourth-order valence-electron chi connectivity index (χ4n) is 1.40. The lowest BCUT2D eigenvalue weighted by molar-refractivity contribution is -0.124. The molecule has 1 rings (SSSR count). The third kappa shape index (κ3) is 3.96. The molecule has 0 atom stereocenters. The summed E-state index contributed by atoms with van der Waals surface area (Å²) in [4.78, 5) is 11.7. The summed E-state index contributed by atoms with van der Waals surface area (Å²) >= 11 is 5.72. The van der Waals surface area contributed by atoms with Gasteiger partial charge in [-0.25, -0.2) is 0 Å². The monoisotopic (exact) mass is 273 g/mol. The molecule has 0 saturated carbocycles. The van der Waals surface area contributed by atoms with Gasteiger partial charge in [0.2, 0.25) is 5.91 Å². The highest BCUT2D eigenvalue weighted by Gasteiger charge is 2.29. The third-order valence-corrected chi connectivity index (χ3v) is 2.84. The molecule has 0 aliphatic heterocycles. The Balaban J connectivity index is 2.63. The maximum absolute atomic E-state index is 11.7. The van der Waals surface area contributed by atoms with Gasteiger partial charge < -0.3 is 20.6 Å². The summed E-state index contributed by atoms with van der Waals surface area (Å²) < 4.78 is 0. The average molecular weight is 274 g/mol. The minimum absolute atomic E-state index is 0.0823. The molecule has 100 valence electrons. The van der Waals surface area contributed by atoms with Crippen LogP contribution in [0.4, 0.5) is 0 Å². The Morgan fingerprint density at radius 3 is 2.06 bits per heavy atom. The molecule has 0 aromatic heterocycles. The SMILES string of the molecule is O=C(Cc1ccc(Cl)cc1)NC(CO)(CO)CO. The van der Waals surface area contributed by atoms with E-state index >= 15 is 0 Å². The molecule has 6 heteroatoms. The van der Waals surface area contributed by atoms with E-state index in [1.165, 1.54) is 0 Å². The minimum Gasteiger partial charge on any atom is -0.394 e. The van der Waals surface area contributed by atoms with Crippen LogP contribution in [0.2, 0.25) is 5.02 Å². The van der Waals surface area contributed by atoms with Crippen molar-refractivity contribution in [2.75, 3.05) is 19.8 Å². The highest BCUT2D eigenvalue weighted by molar-refractivity contribution is 6.30. The molecule has 0 fully saturated rings. The van der Waals surface area contributed by atoms with Crippen molar-refractivity contribution < 1.29 is 20.1 Å². The van der Waals surface area contributed by atoms with Crippen LogP contribution in [0, 0.1) is 0 Å². The van der Waals surface area contributed by atoms with Gasteiger partial charge in [0, 0.05) is 5.02 Å². The summed E-state index contributed by atoms with van der Waals surface area (Å²) in [5.74, 6) is -0.394. The highest BCUT2D eigenvalue weighted by Crippen LogP contribution is 2.10. The lowest BCUT2D eigenvalue weighted by Crippen LogP contribution is -2.57. The zero-order valence-corrected chi connectivity index (χ0v) is 10.5. The summed E-state index contributed by atoms with van der Waals surface area (Å²) in [6.45, 7) is -1.61. The van der Waals surface area contributed by atoms with Gasteiger partial charge in [-0.15, -0.1) is 0 Å². The van der Waals surface area contributed by atoms with E-state index < -0.39 is 31.3 Å². The van der Waals surface area contributed by atoms with Gasteiger partial charge in [0.1, 0.15) is 5.54 Å². The van der Waals surface area contributed by atoms with Crippen LogP contribution in [-0.2, 0) is 11.2 Å². The summed E-state index contributed by atoms with van der Waals surface area (Å²) in [5.41, 5.74) is -0.636. The molecule has 18 heavy (non-hydrogen) atoms. The maximum atomic E-state index is 11.7. The maximum Gasteiger partial charge on any atom is 0.225 e. The molecule has 0 radical (unpaired) electrons. The predicted octanol–water partition coefficient (Wildman–Crippen LogP) is -0.286. The first kappa shape index (κ1) is 14.9. The number of aliphatic hydroxyl groups is 3. The van der Waals surface area contributed by atoms with Crippen LogP contribution in [0.1, 0.15) is 5.56 Å². The molecule has 1 aromatic rings. The van der Waals surface area contributed by atoms with E-state index in [2.05, 4.69) is 5.32 Å². The van der Waals surface area contributed by atoms with Gasteiger partial charge in [0.15, 0.2) is 0 Å². The van der Waals surface area contributed by atoms with Gasteiger partial charge in [-0.2, -0.15) is 0 Å². The zero-order chi connectivity index (χ0) is 13.6. The number of carbonyl (C=O) groups excluding carboxylic acids is 1. The number of benzene rings is 1. The van der Waals surface area contributed by atoms with Crippen LogP contribution in [0.25, 0.3) is 0 Å². The molecule has 1 aromatic carbocycles. The van der Waals surface area contributed by atoms with Crippen molar-refractivity contribution in [1.29, 1.82) is 0 Å². The van der Waals surface area contributed by atoms with Gasteiger partial charge in [-0.05, 0) is 17.7 Å². The van der Waals surface area contributed by atoms with Gasteiger partial charge in [-0.1, -0.05) is 23.7 Å². The molecule has 0 spiro atoms. The standard InChI is InChI=1S/C12H16ClNO4/c13-10-3-1-9(2-4-10)5-11(18)14-12(6-15,7-16)8-17/h1-4,15-17H,5-8H2,(H,14,18). The molecule has 0 aliphatic carbocycles. The summed E-state index contributed by atoms with van der Waals surface area (Å²) in [6, 6.07) is 6.75. The number of rotatable bonds is 6. The van der Waals surface area contributed by atoms with E-state index in [1.807, 2.05) is 0 Å². The Labute approximate surface area is 110 Å². The Morgan fingerprint density at radius 1 is 1.11 bits per heavy atom. The van der Waals surface area contributed by atoms with Gasteiger partial charge in [0.25, 0.3) is 0 Å². The number of carbonyl (C=O) groups is 1. The fourth-order valence-corrected chi connectivity index (χ4v) is 1.52. The van der Waals surface area contributed by atoms with Crippen molar-refractivity contribution >= 4 is 17.5 Å². The number of halogens is 1. The van der Waals surface area contributed by atoms with E-state index in [0.29, 0.717) is 5.02 Å².